The molecular weight excluding hydrogens is 372 g/mol. The standard InChI is InChI=1S/C22H21ClN4O/c1-14(19-6-4-5-9-24-19)21-18-11-15(7-8-20(18)25-22(23)26-21)16-10-17(28-3)13-27(2)12-16/h4-12,14H,13H2,1-3H3. The monoisotopic (exact) mass is 392 g/mol. The summed E-state index contributed by atoms with van der Waals surface area (Å²) in [5.74, 6) is 0.919. The Labute approximate surface area is 169 Å². The number of hydrogen-bond donors (Lipinski definition) is 0. The Morgan fingerprint density at radius 3 is 2.79 bits per heavy atom. The van der Waals surface area contributed by atoms with Crippen LogP contribution in [0.2, 0.25) is 5.28 Å². The second-order valence-corrected chi connectivity index (χ2v) is 7.24. The lowest BCUT2D eigenvalue weighted by atomic mass is 9.95. The van der Waals surface area contributed by atoms with E-state index in [0.717, 1.165) is 45.7 Å². The lowest BCUT2D eigenvalue weighted by Crippen LogP contribution is -2.19. The lowest BCUT2D eigenvalue weighted by Gasteiger charge is -2.23. The van der Waals surface area contributed by atoms with E-state index >= 15 is 0 Å². The quantitative estimate of drug-likeness (QED) is 0.605. The molecular formula is C22H21ClN4O. The summed E-state index contributed by atoms with van der Waals surface area (Å²) >= 11 is 6.21. The highest BCUT2D eigenvalue weighted by atomic mass is 35.5. The number of likely N-dealkylation sites (N-methyl/N-ethyl adjacent to an activating group) is 1. The molecule has 0 spiro atoms. The average Bonchev–Trinajstić information content (AvgIpc) is 2.72. The van der Waals surface area contributed by atoms with E-state index in [9.17, 15) is 0 Å². The Bertz CT molecular complexity index is 1080. The summed E-state index contributed by atoms with van der Waals surface area (Å²) in [5.41, 5.74) is 4.80. The number of aromatic nitrogens is 3. The van der Waals surface area contributed by atoms with E-state index in [2.05, 4.69) is 51.2 Å². The number of pyridine rings is 1. The predicted octanol–water partition coefficient (Wildman–Crippen LogP) is 4.65. The smallest absolute Gasteiger partial charge is 0.223 e. The fourth-order valence-corrected chi connectivity index (χ4v) is 3.65. The third kappa shape index (κ3) is 3.58. The Hall–Kier alpha value is -2.92. The molecule has 0 aliphatic carbocycles. The van der Waals surface area contributed by atoms with Crippen molar-refractivity contribution in [2.75, 3.05) is 20.7 Å². The topological polar surface area (TPSA) is 51.1 Å². The highest BCUT2D eigenvalue weighted by Gasteiger charge is 2.18. The first-order chi connectivity index (χ1) is 13.5. The van der Waals surface area contributed by atoms with Gasteiger partial charge in [0.05, 0.1) is 24.9 Å². The van der Waals surface area contributed by atoms with Crippen LogP contribution in [0.1, 0.15) is 29.8 Å². The largest absolute Gasteiger partial charge is 0.499 e. The van der Waals surface area contributed by atoms with Crippen molar-refractivity contribution in [2.24, 2.45) is 0 Å². The number of ether oxygens (including phenoxy) is 1. The summed E-state index contributed by atoms with van der Waals surface area (Å²) in [6.07, 6.45) is 5.98. The van der Waals surface area contributed by atoms with Crippen LogP contribution in [0.5, 0.6) is 0 Å². The van der Waals surface area contributed by atoms with Crippen LogP contribution in [0.25, 0.3) is 16.5 Å². The molecule has 0 N–H and O–H groups in total. The van der Waals surface area contributed by atoms with Gasteiger partial charge in [-0.15, -0.1) is 0 Å². The molecule has 1 aliphatic rings. The van der Waals surface area contributed by atoms with Gasteiger partial charge in [-0.3, -0.25) is 4.98 Å². The van der Waals surface area contributed by atoms with Gasteiger partial charge in [-0.25, -0.2) is 9.97 Å². The highest BCUT2D eigenvalue weighted by molar-refractivity contribution is 6.28. The Balaban J connectivity index is 1.85. The van der Waals surface area contributed by atoms with E-state index in [1.54, 1.807) is 13.3 Å². The van der Waals surface area contributed by atoms with Gasteiger partial charge in [-0.2, -0.15) is 0 Å². The number of nitrogens with zero attached hydrogens (tertiary/aromatic N) is 4. The molecule has 0 bridgehead atoms. The van der Waals surface area contributed by atoms with Crippen LogP contribution in [-0.4, -0.2) is 40.6 Å². The zero-order valence-electron chi connectivity index (χ0n) is 16.1. The maximum Gasteiger partial charge on any atom is 0.223 e. The summed E-state index contributed by atoms with van der Waals surface area (Å²) in [4.78, 5) is 15.6. The van der Waals surface area contributed by atoms with Gasteiger partial charge in [0.1, 0.15) is 5.76 Å². The summed E-state index contributed by atoms with van der Waals surface area (Å²) in [6, 6.07) is 12.1. The number of methoxy groups -OCH3 is 1. The van der Waals surface area contributed by atoms with E-state index in [1.165, 1.54) is 0 Å². The molecule has 1 unspecified atom stereocenters. The van der Waals surface area contributed by atoms with Gasteiger partial charge >= 0.3 is 0 Å². The van der Waals surface area contributed by atoms with Gasteiger partial charge in [0, 0.05) is 42.0 Å². The van der Waals surface area contributed by atoms with Crippen molar-refractivity contribution < 1.29 is 4.74 Å². The summed E-state index contributed by atoms with van der Waals surface area (Å²) in [6.45, 7) is 2.85. The Kier molecular flexibility index (Phi) is 5.01. The summed E-state index contributed by atoms with van der Waals surface area (Å²) < 4.78 is 5.46. The van der Waals surface area contributed by atoms with Gasteiger partial charge in [0.25, 0.3) is 0 Å². The molecule has 0 amide bonds. The molecule has 0 fully saturated rings. The van der Waals surface area contributed by atoms with Crippen molar-refractivity contribution in [3.05, 3.63) is 82.9 Å². The first-order valence-corrected chi connectivity index (χ1v) is 9.48. The maximum atomic E-state index is 6.21. The van der Waals surface area contributed by atoms with Crippen molar-refractivity contribution >= 4 is 28.1 Å². The van der Waals surface area contributed by atoms with Crippen LogP contribution in [-0.2, 0) is 4.74 Å². The van der Waals surface area contributed by atoms with Gasteiger partial charge in [0.15, 0.2) is 0 Å². The third-order valence-corrected chi connectivity index (χ3v) is 5.09. The molecule has 28 heavy (non-hydrogen) atoms. The number of rotatable bonds is 4. The molecule has 0 radical (unpaired) electrons. The molecule has 3 aromatic rings. The van der Waals surface area contributed by atoms with E-state index in [4.69, 9.17) is 16.3 Å². The van der Waals surface area contributed by atoms with E-state index in [-0.39, 0.29) is 11.2 Å². The molecule has 1 aromatic carbocycles. The molecule has 1 atom stereocenters. The number of benzene rings is 1. The minimum Gasteiger partial charge on any atom is -0.499 e. The molecule has 142 valence electrons. The van der Waals surface area contributed by atoms with Gasteiger partial charge in [-0.05, 0) is 47.5 Å². The van der Waals surface area contributed by atoms with Crippen LogP contribution >= 0.6 is 11.6 Å². The molecule has 5 nitrogen and oxygen atoms in total. The highest BCUT2D eigenvalue weighted by Crippen LogP contribution is 2.31. The van der Waals surface area contributed by atoms with E-state index < -0.39 is 0 Å². The second-order valence-electron chi connectivity index (χ2n) is 6.90. The van der Waals surface area contributed by atoms with Crippen LogP contribution in [0.4, 0.5) is 0 Å². The van der Waals surface area contributed by atoms with E-state index in [1.807, 2.05) is 31.3 Å². The zero-order valence-corrected chi connectivity index (χ0v) is 16.8. The van der Waals surface area contributed by atoms with Crippen molar-refractivity contribution in [2.45, 2.75) is 12.8 Å². The SMILES string of the molecule is COC1=CC(c2ccc3nc(Cl)nc(C(C)c4ccccn4)c3c2)=CN(C)C1. The molecule has 6 heteroatoms. The fourth-order valence-electron chi connectivity index (χ4n) is 3.47. The first kappa shape index (κ1) is 18.4. The predicted molar refractivity (Wildman–Crippen MR) is 112 cm³/mol. The first-order valence-electron chi connectivity index (χ1n) is 9.10. The summed E-state index contributed by atoms with van der Waals surface area (Å²) in [5, 5.41) is 1.22. The van der Waals surface area contributed by atoms with Crippen molar-refractivity contribution in [3.8, 4) is 0 Å². The van der Waals surface area contributed by atoms with Gasteiger partial charge in [-0.1, -0.05) is 19.1 Å². The van der Waals surface area contributed by atoms with Crippen molar-refractivity contribution in [3.63, 3.8) is 0 Å². The van der Waals surface area contributed by atoms with Crippen LogP contribution in [0.15, 0.2) is 60.6 Å². The number of fused-ring (bicyclic) bond motifs is 1. The third-order valence-electron chi connectivity index (χ3n) is 4.92. The van der Waals surface area contributed by atoms with Crippen molar-refractivity contribution in [1.82, 2.24) is 19.9 Å². The summed E-state index contributed by atoms with van der Waals surface area (Å²) in [7, 11) is 3.73. The molecule has 1 aliphatic heterocycles. The van der Waals surface area contributed by atoms with Crippen LogP contribution in [0, 0.1) is 0 Å². The van der Waals surface area contributed by atoms with Crippen LogP contribution in [0.3, 0.4) is 0 Å². The molecule has 0 saturated heterocycles. The van der Waals surface area contributed by atoms with E-state index in [0.29, 0.717) is 0 Å². The van der Waals surface area contributed by atoms with Gasteiger partial charge in [0.2, 0.25) is 5.28 Å². The minimum absolute atomic E-state index is 0.00691. The minimum atomic E-state index is -0.00691. The lowest BCUT2D eigenvalue weighted by molar-refractivity contribution is 0.254. The molecule has 2 aromatic heterocycles. The zero-order chi connectivity index (χ0) is 19.7. The van der Waals surface area contributed by atoms with Gasteiger partial charge < -0.3 is 9.64 Å². The van der Waals surface area contributed by atoms with Crippen molar-refractivity contribution in [1.29, 1.82) is 0 Å². The molecule has 0 saturated carbocycles. The van der Waals surface area contributed by atoms with Crippen LogP contribution < -0.4 is 0 Å². The maximum absolute atomic E-state index is 6.21. The second kappa shape index (κ2) is 7.60. The Morgan fingerprint density at radius 2 is 2.04 bits per heavy atom. The normalized spacial score (nSPS) is 15.2. The molecule has 4 rings (SSSR count). The fraction of sp³-hybridized carbons (Fsp3) is 0.227. The number of hydrogen-bond acceptors (Lipinski definition) is 5. The molecule has 3 heterocycles. The number of allylic oxidation sites excluding steroid dienone is 2. The Morgan fingerprint density at radius 1 is 1.18 bits per heavy atom. The number of halogens is 1. The average molecular weight is 393 g/mol.